The number of aryl methyl sites for hydroxylation is 1. The van der Waals surface area contributed by atoms with Gasteiger partial charge in [0.25, 0.3) is 5.91 Å². The van der Waals surface area contributed by atoms with E-state index in [2.05, 4.69) is 10.3 Å². The SMILES string of the molecule is O=C(COC(=O)c1c2c(nc3ccccc13)CCCC2)Nc1c(Cl)cccc1C(F)(F)F. The van der Waals surface area contributed by atoms with Crippen LogP contribution in [0.3, 0.4) is 0 Å². The highest BCUT2D eigenvalue weighted by Gasteiger charge is 2.35. The number of hydrogen-bond donors (Lipinski definition) is 1. The van der Waals surface area contributed by atoms with Crippen LogP contribution in [0.1, 0.15) is 40.0 Å². The first-order valence-electron chi connectivity index (χ1n) is 9.99. The van der Waals surface area contributed by atoms with E-state index in [4.69, 9.17) is 16.3 Å². The fraction of sp³-hybridized carbons (Fsp3) is 0.261. The number of alkyl halides is 3. The van der Waals surface area contributed by atoms with Crippen molar-refractivity contribution < 1.29 is 27.5 Å². The van der Waals surface area contributed by atoms with Crippen LogP contribution in [0.5, 0.6) is 0 Å². The van der Waals surface area contributed by atoms with Crippen LogP contribution in [0.15, 0.2) is 42.5 Å². The number of anilines is 1. The Hall–Kier alpha value is -3.13. The third-order valence-electron chi connectivity index (χ3n) is 5.29. The van der Waals surface area contributed by atoms with E-state index < -0.39 is 35.9 Å². The minimum Gasteiger partial charge on any atom is -0.452 e. The third-order valence-corrected chi connectivity index (χ3v) is 5.61. The second kappa shape index (κ2) is 8.78. The summed E-state index contributed by atoms with van der Waals surface area (Å²) in [5, 5.41) is 2.46. The van der Waals surface area contributed by atoms with Crippen molar-refractivity contribution in [3.63, 3.8) is 0 Å². The molecule has 1 N–H and O–H groups in total. The number of hydrogen-bond acceptors (Lipinski definition) is 4. The zero-order valence-corrected chi connectivity index (χ0v) is 17.5. The van der Waals surface area contributed by atoms with Gasteiger partial charge in [0.1, 0.15) is 0 Å². The molecule has 9 heteroatoms. The molecule has 1 heterocycles. The number of benzene rings is 2. The molecule has 0 unspecified atom stereocenters. The molecule has 5 nitrogen and oxygen atoms in total. The number of rotatable bonds is 4. The monoisotopic (exact) mass is 462 g/mol. The van der Waals surface area contributed by atoms with E-state index in [9.17, 15) is 22.8 Å². The molecule has 1 amide bonds. The minimum absolute atomic E-state index is 0.270. The van der Waals surface area contributed by atoms with Crippen molar-refractivity contribution in [3.8, 4) is 0 Å². The lowest BCUT2D eigenvalue weighted by Gasteiger charge is -2.20. The Kier molecular flexibility index (Phi) is 6.06. The number of amides is 1. The number of halogens is 4. The fourth-order valence-electron chi connectivity index (χ4n) is 3.87. The molecule has 2 aromatic carbocycles. The molecule has 0 atom stereocenters. The van der Waals surface area contributed by atoms with Gasteiger partial charge in [0.05, 0.1) is 27.4 Å². The summed E-state index contributed by atoms with van der Waals surface area (Å²) < 4.78 is 44.9. The molecule has 3 aromatic rings. The second-order valence-corrected chi connectivity index (χ2v) is 7.83. The Labute approximate surface area is 186 Å². The summed E-state index contributed by atoms with van der Waals surface area (Å²) in [6.45, 7) is -0.757. The van der Waals surface area contributed by atoms with Gasteiger partial charge in [-0.1, -0.05) is 35.9 Å². The molecule has 32 heavy (non-hydrogen) atoms. The molecular weight excluding hydrogens is 445 g/mol. The third kappa shape index (κ3) is 4.41. The number of carbonyl (C=O) groups excluding carboxylic acids is 2. The lowest BCUT2D eigenvalue weighted by Crippen LogP contribution is -2.24. The van der Waals surface area contributed by atoms with Gasteiger partial charge >= 0.3 is 12.1 Å². The van der Waals surface area contributed by atoms with E-state index in [-0.39, 0.29) is 5.02 Å². The second-order valence-electron chi connectivity index (χ2n) is 7.42. The van der Waals surface area contributed by atoms with Crippen molar-refractivity contribution in [1.82, 2.24) is 4.98 Å². The molecule has 1 aliphatic carbocycles. The Morgan fingerprint density at radius 2 is 1.81 bits per heavy atom. The maximum absolute atomic E-state index is 13.2. The van der Waals surface area contributed by atoms with Gasteiger partial charge in [0.2, 0.25) is 0 Å². The summed E-state index contributed by atoms with van der Waals surface area (Å²) in [6, 6.07) is 10.3. The molecule has 4 rings (SSSR count). The number of carbonyl (C=O) groups is 2. The van der Waals surface area contributed by atoms with Gasteiger partial charge in [-0.15, -0.1) is 0 Å². The van der Waals surface area contributed by atoms with Crippen LogP contribution in [0.4, 0.5) is 18.9 Å². The zero-order chi connectivity index (χ0) is 22.9. The first-order valence-corrected chi connectivity index (χ1v) is 10.4. The number of para-hydroxylation sites is 2. The van der Waals surface area contributed by atoms with Crippen LogP contribution < -0.4 is 5.32 Å². The minimum atomic E-state index is -4.71. The van der Waals surface area contributed by atoms with Gasteiger partial charge in [0, 0.05) is 11.1 Å². The lowest BCUT2D eigenvalue weighted by molar-refractivity contribution is -0.137. The van der Waals surface area contributed by atoms with Gasteiger partial charge in [-0.3, -0.25) is 9.78 Å². The maximum atomic E-state index is 13.2. The smallest absolute Gasteiger partial charge is 0.418 e. The highest BCUT2D eigenvalue weighted by Crippen LogP contribution is 2.38. The zero-order valence-electron chi connectivity index (χ0n) is 16.8. The molecule has 1 aromatic heterocycles. The molecular formula is C23H18ClF3N2O3. The average molecular weight is 463 g/mol. The first-order chi connectivity index (χ1) is 15.3. The highest BCUT2D eigenvalue weighted by molar-refractivity contribution is 6.34. The number of fused-ring (bicyclic) bond motifs is 2. The quantitative estimate of drug-likeness (QED) is 0.514. The van der Waals surface area contributed by atoms with Crippen LogP contribution in [-0.2, 0) is 28.5 Å². The Morgan fingerprint density at radius 1 is 1.06 bits per heavy atom. The predicted octanol–water partition coefficient (Wildman–Crippen LogP) is 5.58. The van der Waals surface area contributed by atoms with Crippen LogP contribution in [0, 0.1) is 0 Å². The molecule has 0 saturated carbocycles. The van der Waals surface area contributed by atoms with Crippen LogP contribution in [0.25, 0.3) is 10.9 Å². The molecule has 0 spiro atoms. The maximum Gasteiger partial charge on any atom is 0.418 e. The molecule has 0 bridgehead atoms. The van der Waals surface area contributed by atoms with Crippen molar-refractivity contribution in [3.05, 3.63) is 69.9 Å². The number of nitrogens with zero attached hydrogens (tertiary/aromatic N) is 1. The van der Waals surface area contributed by atoms with Crippen LogP contribution in [0.2, 0.25) is 5.02 Å². The average Bonchev–Trinajstić information content (AvgIpc) is 2.76. The number of pyridine rings is 1. The largest absolute Gasteiger partial charge is 0.452 e. The summed E-state index contributed by atoms with van der Waals surface area (Å²) >= 11 is 5.85. The number of aromatic nitrogens is 1. The van der Waals surface area contributed by atoms with Crippen molar-refractivity contribution in [1.29, 1.82) is 0 Å². The predicted molar refractivity (Wildman–Crippen MR) is 114 cm³/mol. The van der Waals surface area contributed by atoms with Crippen molar-refractivity contribution in [2.75, 3.05) is 11.9 Å². The van der Waals surface area contributed by atoms with E-state index in [1.54, 1.807) is 18.2 Å². The van der Waals surface area contributed by atoms with E-state index in [1.165, 1.54) is 6.07 Å². The highest BCUT2D eigenvalue weighted by atomic mass is 35.5. The molecule has 0 aliphatic heterocycles. The summed E-state index contributed by atoms with van der Waals surface area (Å²) in [5.41, 5.74) is 0.971. The summed E-state index contributed by atoms with van der Waals surface area (Å²) in [4.78, 5) is 29.9. The molecule has 166 valence electrons. The number of esters is 1. The van der Waals surface area contributed by atoms with E-state index in [0.29, 0.717) is 22.9 Å². The Morgan fingerprint density at radius 3 is 2.59 bits per heavy atom. The van der Waals surface area contributed by atoms with Crippen molar-refractivity contribution in [2.45, 2.75) is 31.9 Å². The topological polar surface area (TPSA) is 68.3 Å². The first kappa shape index (κ1) is 22.1. The molecule has 1 aliphatic rings. The summed E-state index contributed by atoms with van der Waals surface area (Å²) in [7, 11) is 0. The summed E-state index contributed by atoms with van der Waals surface area (Å²) in [6.07, 6.45) is -1.43. The number of nitrogens with one attached hydrogen (secondary N) is 1. The van der Waals surface area contributed by atoms with Crippen LogP contribution in [-0.4, -0.2) is 23.5 Å². The normalized spacial score (nSPS) is 13.5. The Balaban J connectivity index is 1.56. The Bertz CT molecular complexity index is 1210. The standard InChI is InChI=1S/C23H18ClF3N2O3/c24-16-9-5-8-15(23(25,26)27)21(16)29-19(30)12-32-22(31)20-13-6-1-3-10-17(13)28-18-11-4-2-7-14(18)20/h1,3,5-6,8-10H,2,4,7,11-12H2,(H,29,30). The van der Waals surface area contributed by atoms with E-state index >= 15 is 0 Å². The van der Waals surface area contributed by atoms with Crippen LogP contribution >= 0.6 is 11.6 Å². The number of ether oxygens (including phenoxy) is 1. The van der Waals surface area contributed by atoms with Gasteiger partial charge < -0.3 is 10.1 Å². The van der Waals surface area contributed by atoms with Crippen molar-refractivity contribution in [2.24, 2.45) is 0 Å². The fourth-order valence-corrected chi connectivity index (χ4v) is 4.09. The van der Waals surface area contributed by atoms with Gasteiger partial charge in [-0.25, -0.2) is 4.79 Å². The van der Waals surface area contributed by atoms with E-state index in [1.807, 2.05) is 6.07 Å². The van der Waals surface area contributed by atoms with E-state index in [0.717, 1.165) is 42.7 Å². The van der Waals surface area contributed by atoms with Gasteiger partial charge in [-0.2, -0.15) is 13.2 Å². The van der Waals surface area contributed by atoms with Crippen molar-refractivity contribution >= 4 is 40.1 Å². The molecule has 0 radical (unpaired) electrons. The molecule has 0 saturated heterocycles. The molecule has 0 fully saturated rings. The summed E-state index contributed by atoms with van der Waals surface area (Å²) in [5.74, 6) is -1.64. The lowest BCUT2D eigenvalue weighted by atomic mass is 9.90. The van der Waals surface area contributed by atoms with Gasteiger partial charge in [-0.05, 0) is 49.4 Å². The van der Waals surface area contributed by atoms with Gasteiger partial charge in [0.15, 0.2) is 6.61 Å².